The Kier molecular flexibility index (Phi) is 4.79. The molecule has 0 fully saturated rings. The minimum Gasteiger partial charge on any atom is -0.416 e. The van der Waals surface area contributed by atoms with Gasteiger partial charge in [-0.05, 0) is 23.6 Å². The van der Waals surface area contributed by atoms with E-state index in [2.05, 4.69) is 29.4 Å². The molecular formula is C14H17N3O2S. The molecule has 1 N–H and O–H groups in total. The summed E-state index contributed by atoms with van der Waals surface area (Å²) in [6.45, 7) is 5.99. The molecule has 0 atom stereocenters. The van der Waals surface area contributed by atoms with E-state index < -0.39 is 0 Å². The van der Waals surface area contributed by atoms with E-state index in [0.29, 0.717) is 17.0 Å². The number of benzene rings is 1. The highest BCUT2D eigenvalue weighted by Crippen LogP contribution is 2.18. The lowest BCUT2D eigenvalue weighted by Gasteiger charge is -2.07. The number of nitrogens with one attached hydrogen (secondary N) is 1. The molecule has 6 heteroatoms. The molecule has 106 valence electrons. The van der Waals surface area contributed by atoms with Crippen molar-refractivity contribution in [1.29, 1.82) is 0 Å². The Morgan fingerprint density at radius 2 is 2.00 bits per heavy atom. The molecule has 0 aliphatic heterocycles. The Hall–Kier alpha value is -1.82. The molecule has 0 unspecified atom stereocenters. The molecule has 1 aromatic heterocycles. The smallest absolute Gasteiger partial charge is 0.277 e. The van der Waals surface area contributed by atoms with Gasteiger partial charge in [0.25, 0.3) is 5.22 Å². The number of nitrogens with zero attached hydrogens (tertiary/aromatic N) is 2. The van der Waals surface area contributed by atoms with Crippen LogP contribution in [0.2, 0.25) is 0 Å². The number of hydrogen-bond donors (Lipinski definition) is 1. The maximum absolute atomic E-state index is 11.8. The van der Waals surface area contributed by atoms with Crippen LogP contribution in [0.5, 0.6) is 0 Å². The molecule has 0 radical (unpaired) electrons. The quantitative estimate of drug-likeness (QED) is 0.857. The third-order valence-corrected chi connectivity index (χ3v) is 3.51. The van der Waals surface area contributed by atoms with Gasteiger partial charge >= 0.3 is 0 Å². The number of rotatable bonds is 5. The number of amides is 1. The standard InChI is InChI=1S/C14H17N3O2S/c1-9(2)11-4-6-12(7-5-11)15-13(18)8-20-14-17-16-10(3)19-14/h4-7,9H,8H2,1-3H3,(H,15,18). The summed E-state index contributed by atoms with van der Waals surface area (Å²) in [6, 6.07) is 7.87. The fourth-order valence-electron chi connectivity index (χ4n) is 1.61. The van der Waals surface area contributed by atoms with Gasteiger partial charge in [0, 0.05) is 12.6 Å². The molecule has 0 bridgehead atoms. The van der Waals surface area contributed by atoms with Gasteiger partial charge in [0.15, 0.2) is 0 Å². The highest BCUT2D eigenvalue weighted by molar-refractivity contribution is 7.99. The van der Waals surface area contributed by atoms with Crippen LogP contribution in [0, 0.1) is 6.92 Å². The highest BCUT2D eigenvalue weighted by atomic mass is 32.2. The molecule has 1 aromatic carbocycles. The summed E-state index contributed by atoms with van der Waals surface area (Å²) in [7, 11) is 0. The lowest BCUT2D eigenvalue weighted by molar-refractivity contribution is -0.113. The number of anilines is 1. The Bertz CT molecular complexity index is 578. The van der Waals surface area contributed by atoms with Crippen LogP contribution in [0.4, 0.5) is 5.69 Å². The molecule has 20 heavy (non-hydrogen) atoms. The maximum Gasteiger partial charge on any atom is 0.277 e. The summed E-state index contributed by atoms with van der Waals surface area (Å²) in [6.07, 6.45) is 0. The van der Waals surface area contributed by atoms with Crippen molar-refractivity contribution in [1.82, 2.24) is 10.2 Å². The topological polar surface area (TPSA) is 68.0 Å². The first-order chi connectivity index (χ1) is 9.54. The predicted octanol–water partition coefficient (Wildman–Crippen LogP) is 3.23. The Morgan fingerprint density at radius 3 is 2.55 bits per heavy atom. The molecule has 0 saturated carbocycles. The Balaban J connectivity index is 1.84. The summed E-state index contributed by atoms with van der Waals surface area (Å²) in [5.74, 6) is 1.13. The number of aromatic nitrogens is 2. The van der Waals surface area contributed by atoms with Gasteiger partial charge in [0.1, 0.15) is 0 Å². The third kappa shape index (κ3) is 4.09. The highest BCUT2D eigenvalue weighted by Gasteiger charge is 2.08. The van der Waals surface area contributed by atoms with Crippen molar-refractivity contribution in [2.75, 3.05) is 11.1 Å². The van der Waals surface area contributed by atoms with Gasteiger partial charge in [0.2, 0.25) is 11.8 Å². The minimum atomic E-state index is -0.0943. The number of thioether (sulfide) groups is 1. The van der Waals surface area contributed by atoms with Gasteiger partial charge in [-0.3, -0.25) is 4.79 Å². The fraction of sp³-hybridized carbons (Fsp3) is 0.357. The van der Waals surface area contributed by atoms with Crippen LogP contribution in [0.1, 0.15) is 31.2 Å². The van der Waals surface area contributed by atoms with E-state index in [1.165, 1.54) is 17.3 Å². The van der Waals surface area contributed by atoms with E-state index in [1.807, 2.05) is 24.3 Å². The Morgan fingerprint density at radius 1 is 1.30 bits per heavy atom. The molecule has 1 amide bonds. The Labute approximate surface area is 122 Å². The number of aryl methyl sites for hydroxylation is 1. The van der Waals surface area contributed by atoms with Crippen LogP contribution in [-0.2, 0) is 4.79 Å². The summed E-state index contributed by atoms with van der Waals surface area (Å²) in [4.78, 5) is 11.8. The van der Waals surface area contributed by atoms with Crippen LogP contribution >= 0.6 is 11.8 Å². The van der Waals surface area contributed by atoms with Crippen LogP contribution in [0.25, 0.3) is 0 Å². The molecular weight excluding hydrogens is 274 g/mol. The maximum atomic E-state index is 11.8. The predicted molar refractivity (Wildman–Crippen MR) is 78.9 cm³/mol. The van der Waals surface area contributed by atoms with Crippen LogP contribution in [0.3, 0.4) is 0 Å². The van der Waals surface area contributed by atoms with E-state index in [-0.39, 0.29) is 11.7 Å². The molecule has 1 heterocycles. The second-order valence-electron chi connectivity index (χ2n) is 4.70. The second-order valence-corrected chi connectivity index (χ2v) is 5.63. The number of hydrogen-bond acceptors (Lipinski definition) is 5. The molecule has 0 aliphatic rings. The van der Waals surface area contributed by atoms with E-state index in [0.717, 1.165) is 5.69 Å². The van der Waals surface area contributed by atoms with Crippen LogP contribution < -0.4 is 5.32 Å². The lowest BCUT2D eigenvalue weighted by Crippen LogP contribution is -2.14. The van der Waals surface area contributed by atoms with E-state index >= 15 is 0 Å². The lowest BCUT2D eigenvalue weighted by atomic mass is 10.0. The number of carbonyl (C=O) groups excluding carboxylic acids is 1. The van der Waals surface area contributed by atoms with Gasteiger partial charge in [-0.15, -0.1) is 10.2 Å². The first kappa shape index (κ1) is 14.6. The van der Waals surface area contributed by atoms with Crippen molar-refractivity contribution >= 4 is 23.4 Å². The zero-order valence-electron chi connectivity index (χ0n) is 11.7. The van der Waals surface area contributed by atoms with Gasteiger partial charge in [-0.25, -0.2) is 0 Å². The SMILES string of the molecule is Cc1nnc(SCC(=O)Nc2ccc(C(C)C)cc2)o1. The largest absolute Gasteiger partial charge is 0.416 e. The minimum absolute atomic E-state index is 0.0943. The van der Waals surface area contributed by atoms with Crippen molar-refractivity contribution in [3.63, 3.8) is 0 Å². The molecule has 2 rings (SSSR count). The van der Waals surface area contributed by atoms with Gasteiger partial charge in [-0.2, -0.15) is 0 Å². The fourth-order valence-corrected chi connectivity index (χ4v) is 2.22. The summed E-state index contributed by atoms with van der Waals surface area (Å²) in [5, 5.41) is 10.8. The van der Waals surface area contributed by atoms with Crippen LogP contribution in [-0.4, -0.2) is 21.9 Å². The van der Waals surface area contributed by atoms with Crippen molar-refractivity contribution in [2.45, 2.75) is 31.9 Å². The average molecular weight is 291 g/mol. The first-order valence-corrected chi connectivity index (χ1v) is 7.36. The van der Waals surface area contributed by atoms with Crippen molar-refractivity contribution in [3.05, 3.63) is 35.7 Å². The third-order valence-electron chi connectivity index (χ3n) is 2.70. The van der Waals surface area contributed by atoms with Gasteiger partial charge in [-0.1, -0.05) is 37.7 Å². The molecule has 0 saturated heterocycles. The summed E-state index contributed by atoms with van der Waals surface area (Å²) in [5.41, 5.74) is 2.04. The number of carbonyl (C=O) groups is 1. The first-order valence-electron chi connectivity index (χ1n) is 6.37. The summed E-state index contributed by atoms with van der Waals surface area (Å²) < 4.78 is 5.19. The van der Waals surface area contributed by atoms with Crippen molar-refractivity contribution < 1.29 is 9.21 Å². The van der Waals surface area contributed by atoms with E-state index in [9.17, 15) is 4.79 Å². The summed E-state index contributed by atoms with van der Waals surface area (Å²) >= 11 is 1.22. The van der Waals surface area contributed by atoms with E-state index in [1.54, 1.807) is 6.92 Å². The molecule has 0 spiro atoms. The van der Waals surface area contributed by atoms with E-state index in [4.69, 9.17) is 4.42 Å². The van der Waals surface area contributed by atoms with Gasteiger partial charge < -0.3 is 9.73 Å². The van der Waals surface area contributed by atoms with Crippen molar-refractivity contribution in [2.24, 2.45) is 0 Å². The zero-order valence-corrected chi connectivity index (χ0v) is 12.5. The normalized spacial score (nSPS) is 10.8. The molecule has 2 aromatic rings. The van der Waals surface area contributed by atoms with Crippen LogP contribution in [0.15, 0.2) is 33.9 Å². The molecule has 0 aliphatic carbocycles. The zero-order chi connectivity index (χ0) is 14.5. The monoisotopic (exact) mass is 291 g/mol. The second kappa shape index (κ2) is 6.56. The van der Waals surface area contributed by atoms with Gasteiger partial charge in [0.05, 0.1) is 5.75 Å². The average Bonchev–Trinajstić information content (AvgIpc) is 2.83. The molecule has 5 nitrogen and oxygen atoms in total. The van der Waals surface area contributed by atoms with Crippen molar-refractivity contribution in [3.8, 4) is 0 Å².